The van der Waals surface area contributed by atoms with Gasteiger partial charge in [0.25, 0.3) is 0 Å². The summed E-state index contributed by atoms with van der Waals surface area (Å²) in [4.78, 5) is 1.59. The molecule has 1 saturated heterocycles. The van der Waals surface area contributed by atoms with Gasteiger partial charge in [0.2, 0.25) is 10.0 Å². The summed E-state index contributed by atoms with van der Waals surface area (Å²) < 4.78 is 60.6. The fourth-order valence-corrected chi connectivity index (χ4v) is 4.53. The van der Waals surface area contributed by atoms with Crippen molar-refractivity contribution in [3.05, 3.63) is 53.6 Å². The number of sulfonamides is 1. The van der Waals surface area contributed by atoms with Crippen molar-refractivity contribution in [2.24, 2.45) is 0 Å². The lowest BCUT2D eigenvalue weighted by Gasteiger charge is -2.35. The van der Waals surface area contributed by atoms with Crippen LogP contribution in [0.5, 0.6) is 5.75 Å². The maximum atomic E-state index is 14.2. The molecule has 0 aliphatic carbocycles. The van der Waals surface area contributed by atoms with Crippen molar-refractivity contribution in [1.29, 1.82) is 5.26 Å². The van der Waals surface area contributed by atoms with Crippen molar-refractivity contribution < 1.29 is 21.9 Å². The van der Waals surface area contributed by atoms with E-state index >= 15 is 0 Å². The van der Waals surface area contributed by atoms with Gasteiger partial charge < -0.3 is 9.64 Å². The zero-order valence-corrected chi connectivity index (χ0v) is 16.0. The van der Waals surface area contributed by atoms with Crippen LogP contribution in [0.25, 0.3) is 0 Å². The maximum absolute atomic E-state index is 14.2. The molecule has 2 aromatic carbocycles. The number of rotatable bonds is 5. The second kappa shape index (κ2) is 8.12. The molecule has 1 fully saturated rings. The first kappa shape index (κ1) is 20.0. The smallest absolute Gasteiger partial charge is 0.243 e. The number of ether oxygens (including phenoxy) is 1. The first-order chi connectivity index (χ1) is 13.4. The molecule has 148 valence electrons. The average molecular weight is 407 g/mol. The molecule has 3 rings (SSSR count). The number of piperazine rings is 1. The third-order valence-corrected chi connectivity index (χ3v) is 6.39. The van der Waals surface area contributed by atoms with Crippen LogP contribution in [0.1, 0.15) is 12.5 Å². The maximum Gasteiger partial charge on any atom is 0.243 e. The van der Waals surface area contributed by atoms with E-state index in [1.54, 1.807) is 18.2 Å². The van der Waals surface area contributed by atoms with Crippen molar-refractivity contribution in [1.82, 2.24) is 4.31 Å². The highest BCUT2D eigenvalue weighted by Gasteiger charge is 2.30. The van der Waals surface area contributed by atoms with E-state index in [0.29, 0.717) is 12.4 Å². The molecule has 0 N–H and O–H groups in total. The number of hydrogen-bond donors (Lipinski definition) is 0. The lowest BCUT2D eigenvalue weighted by molar-refractivity contribution is 0.340. The molecule has 28 heavy (non-hydrogen) atoms. The monoisotopic (exact) mass is 407 g/mol. The molecule has 0 radical (unpaired) electrons. The van der Waals surface area contributed by atoms with Crippen LogP contribution in [-0.2, 0) is 10.0 Å². The molecule has 9 heteroatoms. The Morgan fingerprint density at radius 1 is 1.07 bits per heavy atom. The summed E-state index contributed by atoms with van der Waals surface area (Å²) in [5.74, 6) is -1.09. The quantitative estimate of drug-likeness (QED) is 0.762. The van der Waals surface area contributed by atoms with Crippen molar-refractivity contribution in [2.45, 2.75) is 11.8 Å². The highest BCUT2D eigenvalue weighted by atomic mass is 32.2. The second-order valence-electron chi connectivity index (χ2n) is 6.20. The molecule has 0 atom stereocenters. The number of nitrogens with zero attached hydrogens (tertiary/aromatic N) is 3. The topological polar surface area (TPSA) is 73.6 Å². The van der Waals surface area contributed by atoms with E-state index in [0.717, 1.165) is 12.1 Å². The van der Waals surface area contributed by atoms with E-state index in [2.05, 4.69) is 0 Å². The Kier molecular flexibility index (Phi) is 5.82. The van der Waals surface area contributed by atoms with Crippen LogP contribution in [0, 0.1) is 23.0 Å². The summed E-state index contributed by atoms with van der Waals surface area (Å²) in [6.45, 7) is 2.77. The molecule has 1 aliphatic rings. The van der Waals surface area contributed by atoms with Crippen LogP contribution in [-0.4, -0.2) is 45.5 Å². The van der Waals surface area contributed by atoms with E-state index in [4.69, 9.17) is 10.00 Å². The van der Waals surface area contributed by atoms with Crippen LogP contribution in [0.15, 0.2) is 41.3 Å². The summed E-state index contributed by atoms with van der Waals surface area (Å²) in [5, 5.41) is 8.79. The summed E-state index contributed by atoms with van der Waals surface area (Å²) in [7, 11) is -3.71. The van der Waals surface area contributed by atoms with Crippen molar-refractivity contribution in [2.75, 3.05) is 37.7 Å². The van der Waals surface area contributed by atoms with E-state index in [-0.39, 0.29) is 42.3 Å². The summed E-state index contributed by atoms with van der Waals surface area (Å²) >= 11 is 0. The number of anilines is 1. The third kappa shape index (κ3) is 3.93. The molecule has 0 unspecified atom stereocenters. The van der Waals surface area contributed by atoms with Gasteiger partial charge in [-0.05, 0) is 43.3 Å². The molecule has 0 amide bonds. The molecule has 1 heterocycles. The largest absolute Gasteiger partial charge is 0.494 e. The van der Waals surface area contributed by atoms with Crippen molar-refractivity contribution in [3.63, 3.8) is 0 Å². The molecular formula is C19H19F2N3O3S. The lowest BCUT2D eigenvalue weighted by atomic mass is 10.1. The van der Waals surface area contributed by atoms with Crippen LogP contribution < -0.4 is 9.64 Å². The summed E-state index contributed by atoms with van der Waals surface area (Å²) in [5.41, 5.74) is -0.340. The van der Waals surface area contributed by atoms with E-state index in [1.807, 2.05) is 6.92 Å². The second-order valence-corrected chi connectivity index (χ2v) is 8.13. The van der Waals surface area contributed by atoms with Crippen LogP contribution in [0.3, 0.4) is 0 Å². The fourth-order valence-electron chi connectivity index (χ4n) is 3.11. The van der Waals surface area contributed by atoms with Gasteiger partial charge in [-0.3, -0.25) is 0 Å². The Morgan fingerprint density at radius 3 is 2.14 bits per heavy atom. The fraction of sp³-hybridized carbons (Fsp3) is 0.316. The number of benzene rings is 2. The molecular weight excluding hydrogens is 388 g/mol. The van der Waals surface area contributed by atoms with E-state index in [9.17, 15) is 17.2 Å². The lowest BCUT2D eigenvalue weighted by Crippen LogP contribution is -2.49. The van der Waals surface area contributed by atoms with Gasteiger partial charge in [0.05, 0.1) is 23.1 Å². The number of nitriles is 1. The van der Waals surface area contributed by atoms with Crippen LogP contribution in [0.2, 0.25) is 0 Å². The van der Waals surface area contributed by atoms with Gasteiger partial charge in [-0.2, -0.15) is 9.57 Å². The minimum atomic E-state index is -3.71. The Hall–Kier alpha value is -2.70. The van der Waals surface area contributed by atoms with Crippen molar-refractivity contribution >= 4 is 15.7 Å². The van der Waals surface area contributed by atoms with Crippen LogP contribution >= 0.6 is 0 Å². The predicted octanol–water partition coefficient (Wildman–Crippen LogP) is 2.75. The van der Waals surface area contributed by atoms with Gasteiger partial charge in [0.1, 0.15) is 11.4 Å². The molecule has 1 aliphatic heterocycles. The normalized spacial score (nSPS) is 15.3. The average Bonchev–Trinajstić information content (AvgIpc) is 2.68. The zero-order chi connectivity index (χ0) is 20.3. The van der Waals surface area contributed by atoms with E-state index < -0.39 is 21.7 Å². The Bertz CT molecular complexity index is 973. The molecule has 0 saturated carbocycles. The number of halogens is 2. The van der Waals surface area contributed by atoms with E-state index in [1.165, 1.54) is 21.3 Å². The van der Waals surface area contributed by atoms with Crippen molar-refractivity contribution in [3.8, 4) is 11.8 Å². The SMILES string of the molecule is CCOc1ccc(S(=O)(=O)N2CCN(c3c(F)cc(C#N)cc3F)CC2)cc1. The highest BCUT2D eigenvalue weighted by Crippen LogP contribution is 2.27. The minimum Gasteiger partial charge on any atom is -0.494 e. The standard InChI is InChI=1S/C19H19F2N3O3S/c1-2-27-15-3-5-16(6-4-15)28(25,26)24-9-7-23(8-10-24)19-17(20)11-14(13-22)12-18(19)21/h3-6,11-12H,2,7-10H2,1H3. The van der Waals surface area contributed by atoms with Gasteiger partial charge in [-0.15, -0.1) is 0 Å². The Labute approximate surface area is 162 Å². The molecule has 2 aromatic rings. The first-order valence-electron chi connectivity index (χ1n) is 8.74. The first-order valence-corrected chi connectivity index (χ1v) is 10.2. The molecule has 0 spiro atoms. The van der Waals surface area contributed by atoms with Crippen LogP contribution in [0.4, 0.5) is 14.5 Å². The zero-order valence-electron chi connectivity index (χ0n) is 15.2. The summed E-state index contributed by atoms with van der Waals surface area (Å²) in [6.07, 6.45) is 0. The molecule has 0 aromatic heterocycles. The van der Waals surface area contributed by atoms with Gasteiger partial charge >= 0.3 is 0 Å². The molecule has 0 bridgehead atoms. The number of hydrogen-bond acceptors (Lipinski definition) is 5. The Balaban J connectivity index is 1.74. The predicted molar refractivity (Wildman–Crippen MR) is 99.7 cm³/mol. The van der Waals surface area contributed by atoms with Gasteiger partial charge in [0.15, 0.2) is 11.6 Å². The Morgan fingerprint density at radius 2 is 1.64 bits per heavy atom. The summed E-state index contributed by atoms with van der Waals surface area (Å²) in [6, 6.07) is 9.79. The minimum absolute atomic E-state index is 0.0917. The van der Waals surface area contributed by atoms with Gasteiger partial charge in [-0.1, -0.05) is 0 Å². The van der Waals surface area contributed by atoms with Gasteiger partial charge in [-0.25, -0.2) is 17.2 Å². The third-order valence-electron chi connectivity index (χ3n) is 4.47. The van der Waals surface area contributed by atoms with Gasteiger partial charge in [0, 0.05) is 26.2 Å². The highest BCUT2D eigenvalue weighted by molar-refractivity contribution is 7.89. The molecule has 6 nitrogen and oxygen atoms in total.